The summed E-state index contributed by atoms with van der Waals surface area (Å²) in [6.07, 6.45) is 8.48. The fourth-order valence-electron chi connectivity index (χ4n) is 5.78. The maximum atomic E-state index is 13.3. The molecule has 2 saturated carbocycles. The van der Waals surface area contributed by atoms with E-state index >= 15 is 0 Å². The van der Waals surface area contributed by atoms with E-state index in [-0.39, 0.29) is 35.6 Å². The van der Waals surface area contributed by atoms with Crippen LogP contribution in [0.1, 0.15) is 63.4 Å². The van der Waals surface area contributed by atoms with Gasteiger partial charge in [0.1, 0.15) is 18.3 Å². The quantitative estimate of drug-likeness (QED) is 0.701. The standard InChI is InChI=1S/C24H31N5O3/c1-14(30)22-17-6-8-25-12-20(17)28(27-22)13-21(31)29-18-9-15(18)10-19(29)23(32)26-11-16-5-4-7-24(16,2)3/h6,8,12,15-16,18-19H,4-5,7,9-11,13H2,1-3H3,(H,26,32)/t15-,16+,18-,19+/m1/s1. The first-order valence-corrected chi connectivity index (χ1v) is 11.7. The van der Waals surface area contributed by atoms with E-state index < -0.39 is 6.04 Å². The Bertz CT molecular complexity index is 1090. The molecule has 2 amide bonds. The topological polar surface area (TPSA) is 97.2 Å². The van der Waals surface area contributed by atoms with Gasteiger partial charge in [-0.2, -0.15) is 5.10 Å². The lowest BCUT2D eigenvalue weighted by molar-refractivity contribution is -0.140. The maximum absolute atomic E-state index is 13.3. The Hall–Kier alpha value is -2.77. The van der Waals surface area contributed by atoms with Crippen LogP contribution in [0.5, 0.6) is 0 Å². The molecule has 3 fully saturated rings. The predicted molar refractivity (Wildman–Crippen MR) is 119 cm³/mol. The van der Waals surface area contributed by atoms with Gasteiger partial charge in [0.25, 0.3) is 0 Å². The summed E-state index contributed by atoms with van der Waals surface area (Å²) in [5, 5.41) is 8.24. The zero-order chi connectivity index (χ0) is 22.6. The predicted octanol–water partition coefficient (Wildman–Crippen LogP) is 2.57. The highest BCUT2D eigenvalue weighted by Crippen LogP contribution is 2.48. The third kappa shape index (κ3) is 3.59. The third-order valence-corrected chi connectivity index (χ3v) is 7.87. The molecule has 4 atom stereocenters. The molecule has 0 spiro atoms. The molecule has 0 unspecified atom stereocenters. The van der Waals surface area contributed by atoms with Crippen LogP contribution in [0.3, 0.4) is 0 Å². The van der Waals surface area contributed by atoms with Crippen LogP contribution < -0.4 is 5.32 Å². The minimum absolute atomic E-state index is 0.00186. The number of amides is 2. The highest BCUT2D eigenvalue weighted by Gasteiger charge is 2.56. The molecule has 5 rings (SSSR count). The molecule has 170 valence electrons. The van der Waals surface area contributed by atoms with Crippen molar-refractivity contribution in [2.24, 2.45) is 17.3 Å². The molecule has 3 aliphatic rings. The van der Waals surface area contributed by atoms with E-state index in [2.05, 4.69) is 29.2 Å². The van der Waals surface area contributed by atoms with Gasteiger partial charge in [0, 0.05) is 31.1 Å². The Labute approximate surface area is 187 Å². The Morgan fingerprint density at radius 1 is 1.25 bits per heavy atom. The number of hydrogen-bond acceptors (Lipinski definition) is 5. The first kappa shape index (κ1) is 21.1. The van der Waals surface area contributed by atoms with Crippen molar-refractivity contribution in [2.45, 2.75) is 71.5 Å². The second-order valence-corrected chi connectivity index (χ2v) is 10.4. The summed E-state index contributed by atoms with van der Waals surface area (Å²) in [6, 6.07) is 1.48. The molecule has 2 aromatic rings. The van der Waals surface area contributed by atoms with Crippen molar-refractivity contribution < 1.29 is 14.4 Å². The van der Waals surface area contributed by atoms with Crippen LogP contribution in [-0.4, -0.2) is 55.9 Å². The number of carbonyl (C=O) groups is 3. The summed E-state index contributed by atoms with van der Waals surface area (Å²) in [4.78, 5) is 44.3. The van der Waals surface area contributed by atoms with Crippen molar-refractivity contribution in [1.29, 1.82) is 0 Å². The van der Waals surface area contributed by atoms with E-state index in [4.69, 9.17) is 0 Å². The second-order valence-electron chi connectivity index (χ2n) is 10.4. The number of fused-ring (bicyclic) bond motifs is 2. The summed E-state index contributed by atoms with van der Waals surface area (Å²) in [6.45, 7) is 6.69. The van der Waals surface area contributed by atoms with Crippen LogP contribution in [0.2, 0.25) is 0 Å². The minimum Gasteiger partial charge on any atom is -0.354 e. The second kappa shape index (κ2) is 7.67. The van der Waals surface area contributed by atoms with Crippen LogP contribution in [0.25, 0.3) is 10.9 Å². The summed E-state index contributed by atoms with van der Waals surface area (Å²) in [7, 11) is 0. The minimum atomic E-state index is -0.414. The number of ketones is 1. The SMILES string of the molecule is CC(=O)c1nn(CC(=O)N2[C@@H]3C[C@@H]3C[C@H]2C(=O)NC[C@@H]2CCCC2(C)C)c2cnccc12. The lowest BCUT2D eigenvalue weighted by Crippen LogP contribution is -2.50. The molecule has 8 heteroatoms. The van der Waals surface area contributed by atoms with E-state index in [0.717, 1.165) is 19.3 Å². The average Bonchev–Trinajstić information content (AvgIpc) is 3.08. The number of pyridine rings is 1. The molecule has 0 bridgehead atoms. The number of nitrogens with zero attached hydrogens (tertiary/aromatic N) is 4. The molecule has 0 radical (unpaired) electrons. The number of piperidine rings is 1. The first-order chi connectivity index (χ1) is 15.3. The van der Waals surface area contributed by atoms with Gasteiger partial charge < -0.3 is 10.2 Å². The van der Waals surface area contributed by atoms with Gasteiger partial charge in [-0.3, -0.25) is 24.0 Å². The Kier molecular flexibility index (Phi) is 5.06. The maximum Gasteiger partial charge on any atom is 0.245 e. The number of Topliss-reactive ketones (excluding diaryl/α,β-unsaturated/α-hetero) is 1. The molecule has 0 aromatic carbocycles. The van der Waals surface area contributed by atoms with E-state index in [9.17, 15) is 14.4 Å². The summed E-state index contributed by atoms with van der Waals surface area (Å²) in [5.41, 5.74) is 1.25. The molecular weight excluding hydrogens is 406 g/mol. The Morgan fingerprint density at radius 2 is 2.06 bits per heavy atom. The van der Waals surface area contributed by atoms with Crippen LogP contribution in [0.15, 0.2) is 18.5 Å². The van der Waals surface area contributed by atoms with Gasteiger partial charge in [0.05, 0.1) is 11.7 Å². The van der Waals surface area contributed by atoms with Gasteiger partial charge in [-0.1, -0.05) is 20.3 Å². The van der Waals surface area contributed by atoms with Gasteiger partial charge in [-0.05, 0) is 49.0 Å². The number of hydrogen-bond donors (Lipinski definition) is 1. The highest BCUT2D eigenvalue weighted by molar-refractivity contribution is 6.04. The summed E-state index contributed by atoms with van der Waals surface area (Å²) < 4.78 is 1.55. The molecule has 2 aliphatic carbocycles. The van der Waals surface area contributed by atoms with Crippen LogP contribution in [0.4, 0.5) is 0 Å². The van der Waals surface area contributed by atoms with Crippen LogP contribution in [0, 0.1) is 17.3 Å². The van der Waals surface area contributed by atoms with E-state index in [0.29, 0.717) is 35.0 Å². The zero-order valence-corrected chi connectivity index (χ0v) is 19.0. The van der Waals surface area contributed by atoms with Crippen molar-refractivity contribution in [3.8, 4) is 0 Å². The van der Waals surface area contributed by atoms with Crippen LogP contribution in [-0.2, 0) is 16.1 Å². The van der Waals surface area contributed by atoms with E-state index in [1.165, 1.54) is 19.8 Å². The zero-order valence-electron chi connectivity index (χ0n) is 19.0. The number of aromatic nitrogens is 3. The van der Waals surface area contributed by atoms with E-state index in [1.807, 2.05) is 0 Å². The van der Waals surface area contributed by atoms with Gasteiger partial charge >= 0.3 is 0 Å². The first-order valence-electron chi connectivity index (χ1n) is 11.7. The largest absolute Gasteiger partial charge is 0.354 e. The fourth-order valence-corrected chi connectivity index (χ4v) is 5.78. The van der Waals surface area contributed by atoms with Crippen molar-refractivity contribution >= 4 is 28.5 Å². The summed E-state index contributed by atoms with van der Waals surface area (Å²) >= 11 is 0. The lowest BCUT2D eigenvalue weighted by Gasteiger charge is -2.30. The molecule has 32 heavy (non-hydrogen) atoms. The number of rotatable bonds is 6. The van der Waals surface area contributed by atoms with Gasteiger partial charge in [-0.25, -0.2) is 0 Å². The molecule has 3 heterocycles. The molecule has 1 N–H and O–H groups in total. The molecule has 2 aromatic heterocycles. The highest BCUT2D eigenvalue weighted by atomic mass is 16.2. The Morgan fingerprint density at radius 3 is 2.78 bits per heavy atom. The van der Waals surface area contributed by atoms with Crippen molar-refractivity contribution in [3.05, 3.63) is 24.2 Å². The van der Waals surface area contributed by atoms with Crippen molar-refractivity contribution in [1.82, 2.24) is 25.0 Å². The van der Waals surface area contributed by atoms with E-state index in [1.54, 1.807) is 28.0 Å². The van der Waals surface area contributed by atoms with Crippen molar-refractivity contribution in [2.75, 3.05) is 6.54 Å². The molecule has 8 nitrogen and oxygen atoms in total. The van der Waals surface area contributed by atoms with Crippen LogP contribution >= 0.6 is 0 Å². The molecule has 1 aliphatic heterocycles. The lowest BCUT2D eigenvalue weighted by atomic mass is 9.82. The molecule has 1 saturated heterocycles. The van der Waals surface area contributed by atoms with Gasteiger partial charge in [0.15, 0.2) is 5.78 Å². The normalized spacial score (nSPS) is 28.0. The monoisotopic (exact) mass is 437 g/mol. The smallest absolute Gasteiger partial charge is 0.245 e. The van der Waals surface area contributed by atoms with Gasteiger partial charge in [-0.15, -0.1) is 0 Å². The average molecular weight is 438 g/mol. The van der Waals surface area contributed by atoms with Crippen molar-refractivity contribution in [3.63, 3.8) is 0 Å². The third-order valence-electron chi connectivity index (χ3n) is 7.87. The number of likely N-dealkylation sites (tertiary alicyclic amines) is 1. The number of carbonyl (C=O) groups excluding carboxylic acids is 3. The Balaban J connectivity index is 1.30. The molecular formula is C24H31N5O3. The van der Waals surface area contributed by atoms with Gasteiger partial charge in [0.2, 0.25) is 11.8 Å². The fraction of sp³-hybridized carbons (Fsp3) is 0.625. The summed E-state index contributed by atoms with van der Waals surface area (Å²) in [5.74, 6) is 0.591. The number of nitrogens with one attached hydrogen (secondary N) is 1.